The summed E-state index contributed by atoms with van der Waals surface area (Å²) in [5.74, 6) is 1.03. The van der Waals surface area contributed by atoms with Gasteiger partial charge in [-0.2, -0.15) is 0 Å². The van der Waals surface area contributed by atoms with E-state index in [1.807, 2.05) is 0 Å². The third-order valence-corrected chi connectivity index (χ3v) is 4.28. The average molecular weight is 250 g/mol. The smallest absolute Gasteiger partial charge is 0.118 e. The van der Waals surface area contributed by atoms with E-state index in [1.54, 1.807) is 6.26 Å². The van der Waals surface area contributed by atoms with Crippen molar-refractivity contribution in [3.8, 4) is 0 Å². The number of furan rings is 1. The zero-order valence-electron chi connectivity index (χ0n) is 11.9. The Hall–Kier alpha value is -0.800. The second-order valence-electron chi connectivity index (χ2n) is 6.44. The Labute approximate surface area is 110 Å². The van der Waals surface area contributed by atoms with Gasteiger partial charge in [0.05, 0.1) is 12.8 Å². The number of hydrogen-bond donors (Lipinski definition) is 1. The summed E-state index contributed by atoms with van der Waals surface area (Å²) in [6.45, 7) is 6.21. The Morgan fingerprint density at radius 3 is 2.61 bits per heavy atom. The van der Waals surface area contributed by atoms with Gasteiger partial charge >= 0.3 is 0 Å². The minimum absolute atomic E-state index is 0.536. The third kappa shape index (κ3) is 3.36. The first-order valence-electron chi connectivity index (χ1n) is 6.97. The van der Waals surface area contributed by atoms with Crippen LogP contribution in [-0.2, 0) is 13.1 Å². The molecule has 2 rings (SSSR count). The van der Waals surface area contributed by atoms with Crippen molar-refractivity contribution in [2.45, 2.75) is 58.7 Å². The van der Waals surface area contributed by atoms with Crippen LogP contribution in [0.1, 0.15) is 50.9 Å². The molecule has 0 atom stereocenters. The highest BCUT2D eigenvalue weighted by molar-refractivity contribution is 5.12. The van der Waals surface area contributed by atoms with Crippen molar-refractivity contribution in [3.63, 3.8) is 0 Å². The molecule has 102 valence electrons. The summed E-state index contributed by atoms with van der Waals surface area (Å²) in [4.78, 5) is 2.42. The summed E-state index contributed by atoms with van der Waals surface area (Å²) < 4.78 is 5.54. The number of nitrogens with two attached hydrogens (primary N) is 1. The van der Waals surface area contributed by atoms with Crippen LogP contribution in [0.15, 0.2) is 16.7 Å². The molecular formula is C15H26N2O. The van der Waals surface area contributed by atoms with Crippen molar-refractivity contribution in [3.05, 3.63) is 23.7 Å². The van der Waals surface area contributed by atoms with Crippen LogP contribution >= 0.6 is 0 Å². The molecule has 1 aromatic rings. The lowest BCUT2D eigenvalue weighted by Crippen LogP contribution is -2.36. The topological polar surface area (TPSA) is 42.4 Å². The molecule has 2 N–H and O–H groups in total. The molecule has 0 radical (unpaired) electrons. The highest BCUT2D eigenvalue weighted by Crippen LogP contribution is 2.36. The summed E-state index contributed by atoms with van der Waals surface area (Å²) >= 11 is 0. The zero-order valence-corrected chi connectivity index (χ0v) is 11.9. The van der Waals surface area contributed by atoms with Crippen LogP contribution in [0.25, 0.3) is 0 Å². The molecule has 1 aliphatic carbocycles. The minimum Gasteiger partial charge on any atom is -0.468 e. The second-order valence-corrected chi connectivity index (χ2v) is 6.44. The van der Waals surface area contributed by atoms with Gasteiger partial charge in [0.25, 0.3) is 0 Å². The molecule has 0 aliphatic heterocycles. The van der Waals surface area contributed by atoms with E-state index in [0.29, 0.717) is 18.0 Å². The minimum atomic E-state index is 0.536. The lowest BCUT2D eigenvalue weighted by Gasteiger charge is -2.38. The van der Waals surface area contributed by atoms with Crippen molar-refractivity contribution >= 4 is 0 Å². The zero-order chi connectivity index (χ0) is 13.2. The van der Waals surface area contributed by atoms with E-state index < -0.39 is 0 Å². The Morgan fingerprint density at radius 2 is 2.06 bits per heavy atom. The molecular weight excluding hydrogens is 224 g/mol. The summed E-state index contributed by atoms with van der Waals surface area (Å²) in [6.07, 6.45) is 7.03. The monoisotopic (exact) mass is 250 g/mol. The van der Waals surface area contributed by atoms with Gasteiger partial charge in [0, 0.05) is 18.2 Å². The Balaban J connectivity index is 1.86. The maximum atomic E-state index is 5.59. The molecule has 18 heavy (non-hydrogen) atoms. The van der Waals surface area contributed by atoms with Crippen LogP contribution in [0.2, 0.25) is 0 Å². The molecule has 0 aromatic carbocycles. The van der Waals surface area contributed by atoms with Crippen LogP contribution in [0, 0.1) is 5.41 Å². The van der Waals surface area contributed by atoms with E-state index in [0.717, 1.165) is 17.9 Å². The van der Waals surface area contributed by atoms with Crippen molar-refractivity contribution in [2.75, 3.05) is 7.05 Å². The van der Waals surface area contributed by atoms with Crippen LogP contribution in [0.3, 0.4) is 0 Å². The van der Waals surface area contributed by atoms with E-state index in [-0.39, 0.29) is 0 Å². The van der Waals surface area contributed by atoms with Gasteiger partial charge in [0.15, 0.2) is 0 Å². The van der Waals surface area contributed by atoms with Gasteiger partial charge in [-0.3, -0.25) is 4.90 Å². The Bertz CT molecular complexity index is 374. The average Bonchev–Trinajstić information content (AvgIpc) is 2.76. The maximum Gasteiger partial charge on any atom is 0.118 e. The molecule has 1 aromatic heterocycles. The highest BCUT2D eigenvalue weighted by Gasteiger charge is 2.28. The first kappa shape index (κ1) is 13.6. The molecule has 0 bridgehead atoms. The molecule has 1 fully saturated rings. The molecule has 3 nitrogen and oxygen atoms in total. The molecule has 1 aliphatic rings. The Kier molecular flexibility index (Phi) is 4.13. The van der Waals surface area contributed by atoms with Crippen LogP contribution in [0.4, 0.5) is 0 Å². The van der Waals surface area contributed by atoms with Gasteiger partial charge in [-0.25, -0.2) is 0 Å². The lowest BCUT2D eigenvalue weighted by atomic mass is 9.75. The van der Waals surface area contributed by atoms with Crippen molar-refractivity contribution in [1.29, 1.82) is 0 Å². The predicted molar refractivity (Wildman–Crippen MR) is 74.1 cm³/mol. The largest absolute Gasteiger partial charge is 0.468 e. The molecule has 0 amide bonds. The molecule has 1 saturated carbocycles. The fraction of sp³-hybridized carbons (Fsp3) is 0.733. The lowest BCUT2D eigenvalue weighted by molar-refractivity contribution is 0.117. The molecule has 3 heteroatoms. The van der Waals surface area contributed by atoms with Crippen molar-refractivity contribution < 1.29 is 4.42 Å². The second kappa shape index (κ2) is 5.45. The van der Waals surface area contributed by atoms with Gasteiger partial charge in [-0.05, 0) is 44.2 Å². The van der Waals surface area contributed by atoms with E-state index in [4.69, 9.17) is 10.2 Å². The van der Waals surface area contributed by atoms with Gasteiger partial charge < -0.3 is 10.2 Å². The van der Waals surface area contributed by atoms with E-state index >= 15 is 0 Å². The summed E-state index contributed by atoms with van der Waals surface area (Å²) in [6, 6.07) is 2.77. The summed E-state index contributed by atoms with van der Waals surface area (Å²) in [7, 11) is 2.20. The first-order valence-corrected chi connectivity index (χ1v) is 6.97. The standard InChI is InChI=1S/C15H26N2O/c1-15(2)6-4-13(5-7-15)17(3)10-14-8-12(9-16)11-18-14/h8,11,13H,4-7,9-10,16H2,1-3H3. The van der Waals surface area contributed by atoms with Gasteiger partial charge in [0.2, 0.25) is 0 Å². The number of rotatable bonds is 4. The van der Waals surface area contributed by atoms with E-state index in [1.165, 1.54) is 25.7 Å². The van der Waals surface area contributed by atoms with Gasteiger partial charge in [-0.1, -0.05) is 13.8 Å². The fourth-order valence-corrected chi connectivity index (χ4v) is 2.82. The van der Waals surface area contributed by atoms with E-state index in [2.05, 4.69) is 31.9 Å². The third-order valence-electron chi connectivity index (χ3n) is 4.28. The van der Waals surface area contributed by atoms with Gasteiger partial charge in [0.1, 0.15) is 5.76 Å². The predicted octanol–water partition coefficient (Wildman–Crippen LogP) is 3.14. The molecule has 1 heterocycles. The van der Waals surface area contributed by atoms with Crippen LogP contribution in [0.5, 0.6) is 0 Å². The molecule has 0 spiro atoms. The maximum absolute atomic E-state index is 5.59. The quantitative estimate of drug-likeness (QED) is 0.892. The molecule has 0 unspecified atom stereocenters. The normalized spacial score (nSPS) is 20.5. The van der Waals surface area contributed by atoms with Crippen molar-refractivity contribution in [2.24, 2.45) is 11.1 Å². The number of hydrogen-bond acceptors (Lipinski definition) is 3. The van der Waals surface area contributed by atoms with Crippen LogP contribution in [-0.4, -0.2) is 18.0 Å². The Morgan fingerprint density at radius 1 is 1.39 bits per heavy atom. The highest BCUT2D eigenvalue weighted by atomic mass is 16.3. The van der Waals surface area contributed by atoms with Crippen LogP contribution < -0.4 is 5.73 Å². The summed E-state index contributed by atoms with van der Waals surface area (Å²) in [5, 5.41) is 0. The van der Waals surface area contributed by atoms with Gasteiger partial charge in [-0.15, -0.1) is 0 Å². The summed E-state index contributed by atoms with van der Waals surface area (Å²) in [5.41, 5.74) is 7.22. The number of nitrogens with zero attached hydrogens (tertiary/aromatic N) is 1. The first-order chi connectivity index (χ1) is 8.50. The molecule has 0 saturated heterocycles. The van der Waals surface area contributed by atoms with E-state index in [9.17, 15) is 0 Å². The SMILES string of the molecule is CN(Cc1cc(CN)co1)C1CCC(C)(C)CC1. The van der Waals surface area contributed by atoms with Crippen molar-refractivity contribution in [1.82, 2.24) is 4.90 Å². The fourth-order valence-electron chi connectivity index (χ4n) is 2.82.